The SMILES string of the molecule is CC(C)c1cc2c(cc1C(F)F)N(c1nn(C3CCNCC3)c3c1CNCC3)CCC2. The highest BCUT2D eigenvalue weighted by Crippen LogP contribution is 2.42. The highest BCUT2D eigenvalue weighted by molar-refractivity contribution is 5.70. The highest BCUT2D eigenvalue weighted by atomic mass is 19.3. The van der Waals surface area contributed by atoms with Crippen LogP contribution in [0.1, 0.15) is 79.4 Å². The lowest BCUT2D eigenvalue weighted by molar-refractivity contribution is 0.150. The van der Waals surface area contributed by atoms with Crippen molar-refractivity contribution in [3.05, 3.63) is 40.1 Å². The maximum Gasteiger partial charge on any atom is 0.264 e. The van der Waals surface area contributed by atoms with Gasteiger partial charge in [-0.25, -0.2) is 8.78 Å². The molecule has 168 valence electrons. The Morgan fingerprint density at radius 3 is 2.58 bits per heavy atom. The number of aryl methyl sites for hydroxylation is 1. The molecule has 0 amide bonds. The van der Waals surface area contributed by atoms with Crippen molar-refractivity contribution in [3.8, 4) is 0 Å². The summed E-state index contributed by atoms with van der Waals surface area (Å²) in [7, 11) is 0. The first-order chi connectivity index (χ1) is 15.0. The van der Waals surface area contributed by atoms with Gasteiger partial charge in [0.1, 0.15) is 0 Å². The summed E-state index contributed by atoms with van der Waals surface area (Å²) in [6.45, 7) is 8.63. The number of aromatic nitrogens is 2. The van der Waals surface area contributed by atoms with Crippen molar-refractivity contribution in [2.45, 2.75) is 70.9 Å². The van der Waals surface area contributed by atoms with Crippen LogP contribution in [0.25, 0.3) is 0 Å². The van der Waals surface area contributed by atoms with Gasteiger partial charge >= 0.3 is 0 Å². The van der Waals surface area contributed by atoms with Gasteiger partial charge in [-0.05, 0) is 61.9 Å². The number of hydrogen-bond donors (Lipinski definition) is 2. The third-order valence-electron chi connectivity index (χ3n) is 7.11. The normalized spacial score (nSPS) is 19.7. The van der Waals surface area contributed by atoms with Crippen LogP contribution in [0.15, 0.2) is 12.1 Å². The largest absolute Gasteiger partial charge is 0.324 e. The van der Waals surface area contributed by atoms with Crippen LogP contribution < -0.4 is 15.5 Å². The van der Waals surface area contributed by atoms with E-state index in [0.717, 1.165) is 81.9 Å². The van der Waals surface area contributed by atoms with Crippen molar-refractivity contribution in [1.82, 2.24) is 20.4 Å². The van der Waals surface area contributed by atoms with E-state index in [1.807, 2.05) is 19.9 Å². The van der Waals surface area contributed by atoms with Crippen molar-refractivity contribution in [2.75, 3.05) is 31.1 Å². The number of piperidine rings is 1. The predicted octanol–water partition coefficient (Wildman–Crippen LogP) is 4.60. The lowest BCUT2D eigenvalue weighted by Gasteiger charge is -2.32. The van der Waals surface area contributed by atoms with Crippen molar-refractivity contribution in [1.29, 1.82) is 0 Å². The van der Waals surface area contributed by atoms with Crippen molar-refractivity contribution < 1.29 is 8.78 Å². The number of rotatable bonds is 4. The zero-order valence-corrected chi connectivity index (χ0v) is 18.6. The fourth-order valence-electron chi connectivity index (χ4n) is 5.50. The Morgan fingerprint density at radius 2 is 1.84 bits per heavy atom. The summed E-state index contributed by atoms with van der Waals surface area (Å²) in [5.41, 5.74) is 5.64. The van der Waals surface area contributed by atoms with Crippen LogP contribution >= 0.6 is 0 Å². The molecule has 1 aromatic carbocycles. The van der Waals surface area contributed by atoms with Gasteiger partial charge in [-0.3, -0.25) is 4.68 Å². The molecule has 1 fully saturated rings. The Hall–Kier alpha value is -1.99. The Labute approximate surface area is 183 Å². The fourth-order valence-corrected chi connectivity index (χ4v) is 5.50. The molecule has 0 bridgehead atoms. The van der Waals surface area contributed by atoms with Gasteiger partial charge in [0.2, 0.25) is 0 Å². The van der Waals surface area contributed by atoms with E-state index in [1.54, 1.807) is 6.07 Å². The van der Waals surface area contributed by atoms with E-state index < -0.39 is 6.43 Å². The van der Waals surface area contributed by atoms with Gasteiger partial charge in [-0.15, -0.1) is 0 Å². The maximum atomic E-state index is 14.0. The Bertz CT molecular complexity index is 946. The average Bonchev–Trinajstić information content (AvgIpc) is 3.18. The Kier molecular flexibility index (Phi) is 5.73. The number of nitrogens with zero attached hydrogens (tertiary/aromatic N) is 3. The summed E-state index contributed by atoms with van der Waals surface area (Å²) in [4.78, 5) is 2.22. The molecule has 1 aromatic heterocycles. The zero-order valence-electron chi connectivity index (χ0n) is 18.6. The maximum absolute atomic E-state index is 14.0. The van der Waals surface area contributed by atoms with E-state index in [2.05, 4.69) is 20.2 Å². The van der Waals surface area contributed by atoms with Crippen LogP contribution in [-0.2, 0) is 19.4 Å². The molecule has 0 aliphatic carbocycles. The van der Waals surface area contributed by atoms with Crippen LogP contribution in [0.2, 0.25) is 0 Å². The molecular formula is C24H33F2N5. The van der Waals surface area contributed by atoms with Gasteiger partial charge in [0.05, 0.1) is 6.04 Å². The summed E-state index contributed by atoms with van der Waals surface area (Å²) >= 11 is 0. The van der Waals surface area contributed by atoms with Gasteiger partial charge in [0.25, 0.3) is 6.43 Å². The molecular weight excluding hydrogens is 396 g/mol. The molecule has 2 N–H and O–H groups in total. The van der Waals surface area contributed by atoms with Gasteiger partial charge in [0.15, 0.2) is 5.82 Å². The molecule has 4 heterocycles. The first kappa shape index (κ1) is 20.9. The molecule has 1 saturated heterocycles. The topological polar surface area (TPSA) is 45.1 Å². The van der Waals surface area contributed by atoms with E-state index in [1.165, 1.54) is 16.8 Å². The second-order valence-electron chi connectivity index (χ2n) is 9.42. The molecule has 3 aliphatic heterocycles. The standard InChI is InChI=1S/C24H33F2N5/c1-15(2)18-12-16-4-3-11-30(22(16)13-19(18)23(25)26)24-20-14-28-10-7-21(20)31(29-24)17-5-8-27-9-6-17/h12-13,15,17,23,27-28H,3-11,14H2,1-2H3. The van der Waals surface area contributed by atoms with E-state index in [0.29, 0.717) is 6.04 Å². The van der Waals surface area contributed by atoms with E-state index in [-0.39, 0.29) is 11.5 Å². The molecule has 2 aromatic rings. The minimum Gasteiger partial charge on any atom is -0.324 e. The lowest BCUT2D eigenvalue weighted by Crippen LogP contribution is -2.32. The number of alkyl halides is 2. The minimum atomic E-state index is -2.46. The molecule has 5 nitrogen and oxygen atoms in total. The van der Waals surface area contributed by atoms with Gasteiger partial charge in [-0.2, -0.15) is 5.10 Å². The van der Waals surface area contributed by atoms with E-state index in [4.69, 9.17) is 5.10 Å². The molecule has 0 spiro atoms. The molecule has 0 radical (unpaired) electrons. The number of nitrogens with one attached hydrogen (secondary N) is 2. The Morgan fingerprint density at radius 1 is 1.03 bits per heavy atom. The summed E-state index contributed by atoms with van der Waals surface area (Å²) in [6, 6.07) is 4.20. The molecule has 0 atom stereocenters. The number of anilines is 2. The highest BCUT2D eigenvalue weighted by Gasteiger charge is 2.31. The van der Waals surface area contributed by atoms with Crippen LogP contribution in [0.5, 0.6) is 0 Å². The molecule has 31 heavy (non-hydrogen) atoms. The van der Waals surface area contributed by atoms with Crippen molar-refractivity contribution in [2.24, 2.45) is 0 Å². The number of hydrogen-bond acceptors (Lipinski definition) is 4. The summed E-state index contributed by atoms with van der Waals surface area (Å²) in [5, 5.41) is 12.1. The fraction of sp³-hybridized carbons (Fsp3) is 0.625. The van der Waals surface area contributed by atoms with Crippen LogP contribution in [0.4, 0.5) is 20.3 Å². The molecule has 5 rings (SSSR count). The summed E-state index contributed by atoms with van der Waals surface area (Å²) < 4.78 is 30.2. The Balaban J connectivity index is 1.60. The lowest BCUT2D eigenvalue weighted by atomic mass is 9.90. The third kappa shape index (κ3) is 3.76. The van der Waals surface area contributed by atoms with Crippen LogP contribution in [0.3, 0.4) is 0 Å². The summed E-state index contributed by atoms with van der Waals surface area (Å²) in [5.74, 6) is 1.06. The van der Waals surface area contributed by atoms with Crippen LogP contribution in [0, 0.1) is 0 Å². The van der Waals surface area contributed by atoms with E-state index in [9.17, 15) is 8.78 Å². The first-order valence-electron chi connectivity index (χ1n) is 11.8. The summed E-state index contributed by atoms with van der Waals surface area (Å²) in [6.07, 6.45) is 2.64. The van der Waals surface area contributed by atoms with E-state index >= 15 is 0 Å². The molecule has 7 heteroatoms. The average molecular weight is 430 g/mol. The molecule has 0 unspecified atom stereocenters. The second-order valence-corrected chi connectivity index (χ2v) is 9.42. The number of fused-ring (bicyclic) bond motifs is 2. The number of benzene rings is 1. The van der Waals surface area contributed by atoms with Gasteiger partial charge < -0.3 is 15.5 Å². The van der Waals surface area contributed by atoms with Crippen molar-refractivity contribution >= 4 is 11.5 Å². The zero-order chi connectivity index (χ0) is 21.5. The monoisotopic (exact) mass is 429 g/mol. The molecule has 0 saturated carbocycles. The quantitative estimate of drug-likeness (QED) is 0.746. The second kappa shape index (κ2) is 8.51. The smallest absolute Gasteiger partial charge is 0.264 e. The van der Waals surface area contributed by atoms with Crippen molar-refractivity contribution in [3.63, 3.8) is 0 Å². The van der Waals surface area contributed by atoms with Gasteiger partial charge in [-0.1, -0.05) is 19.9 Å². The van der Waals surface area contributed by atoms with Gasteiger partial charge in [0, 0.05) is 48.6 Å². The van der Waals surface area contributed by atoms with Crippen LogP contribution in [-0.4, -0.2) is 36.0 Å². The number of halogens is 2. The molecule has 3 aliphatic rings. The minimum absolute atomic E-state index is 0.0840. The predicted molar refractivity (Wildman–Crippen MR) is 120 cm³/mol. The first-order valence-corrected chi connectivity index (χ1v) is 11.8. The third-order valence-corrected chi connectivity index (χ3v) is 7.11.